The lowest BCUT2D eigenvalue weighted by molar-refractivity contribution is -0.00177. The molecule has 1 fully saturated rings. The minimum absolute atomic E-state index is 0.139. The summed E-state index contributed by atoms with van der Waals surface area (Å²) >= 11 is 0. The number of nitrogens with one attached hydrogen (secondary N) is 3. The number of amides is 1. The minimum atomic E-state index is -1.63. The van der Waals surface area contributed by atoms with Gasteiger partial charge in [-0.05, 0) is 75.3 Å². The fourth-order valence-electron chi connectivity index (χ4n) is 4.95. The van der Waals surface area contributed by atoms with E-state index < -0.39 is 17.7 Å². The van der Waals surface area contributed by atoms with Crippen molar-refractivity contribution in [3.63, 3.8) is 0 Å². The van der Waals surface area contributed by atoms with Crippen LogP contribution in [0.2, 0.25) is 0 Å². The molecule has 1 aliphatic carbocycles. The Kier molecular flexibility index (Phi) is 7.30. The van der Waals surface area contributed by atoms with E-state index in [0.717, 1.165) is 31.2 Å². The number of fused-ring (bicyclic) bond motifs is 1. The number of alkyl halides is 1. The summed E-state index contributed by atoms with van der Waals surface area (Å²) in [5.74, 6) is -0.0373. The summed E-state index contributed by atoms with van der Waals surface area (Å²) in [5.41, 5.74) is 3.03. The number of nitriles is 1. The van der Waals surface area contributed by atoms with Crippen LogP contribution in [0.1, 0.15) is 66.9 Å². The second-order valence-corrected chi connectivity index (χ2v) is 10.6. The largest absolute Gasteiger partial charge is 0.387 e. The van der Waals surface area contributed by atoms with Crippen LogP contribution in [0.25, 0.3) is 16.9 Å². The predicted octanol–water partition coefficient (Wildman–Crippen LogP) is 3.97. The standard InChI is InChI=1S/C28H31FN8O2/c1-28(2,39)26(29)16-32-27(38)22-15-31-24(25-8-7-21-9-17(11-30)12-35-37(21)25)10-23(22)36-20-5-3-18(4-6-20)19-13-33-34-14-19/h7-10,12-15,18,20,26,39H,3-6,16H2,1-2H3,(H,31,36)(H,32,38)(H,33,34). The zero-order chi connectivity index (χ0) is 27.6. The van der Waals surface area contributed by atoms with Crippen molar-refractivity contribution in [3.05, 3.63) is 65.7 Å². The van der Waals surface area contributed by atoms with Gasteiger partial charge in [0.15, 0.2) is 0 Å². The van der Waals surface area contributed by atoms with Crippen LogP contribution in [0.5, 0.6) is 0 Å². The number of carbonyl (C=O) groups is 1. The summed E-state index contributed by atoms with van der Waals surface area (Å²) in [6.45, 7) is 2.40. The number of nitrogens with zero attached hydrogens (tertiary/aromatic N) is 5. The Balaban J connectivity index is 1.41. The Morgan fingerprint density at radius 1 is 1.26 bits per heavy atom. The van der Waals surface area contributed by atoms with Crippen molar-refractivity contribution >= 4 is 17.1 Å². The molecule has 10 nitrogen and oxygen atoms in total. The van der Waals surface area contributed by atoms with Crippen molar-refractivity contribution in [1.82, 2.24) is 30.1 Å². The molecule has 5 rings (SSSR count). The molecule has 0 aliphatic heterocycles. The molecular weight excluding hydrogens is 499 g/mol. The number of aliphatic hydroxyl groups is 1. The zero-order valence-electron chi connectivity index (χ0n) is 21.9. The molecule has 11 heteroatoms. The molecule has 4 heterocycles. The van der Waals surface area contributed by atoms with Gasteiger partial charge in [-0.15, -0.1) is 0 Å². The summed E-state index contributed by atoms with van der Waals surface area (Å²) < 4.78 is 16.0. The molecule has 0 saturated heterocycles. The molecule has 0 spiro atoms. The van der Waals surface area contributed by atoms with Crippen LogP contribution >= 0.6 is 0 Å². The monoisotopic (exact) mass is 530 g/mol. The summed E-state index contributed by atoms with van der Waals surface area (Å²) in [6.07, 6.45) is 8.95. The Hall–Kier alpha value is -4.30. The van der Waals surface area contributed by atoms with E-state index in [1.807, 2.05) is 30.6 Å². The van der Waals surface area contributed by atoms with Crippen molar-refractivity contribution in [1.29, 1.82) is 5.26 Å². The average molecular weight is 531 g/mol. The highest BCUT2D eigenvalue weighted by Gasteiger charge is 2.28. The van der Waals surface area contributed by atoms with Crippen LogP contribution in [-0.4, -0.2) is 60.2 Å². The second kappa shape index (κ2) is 10.8. The summed E-state index contributed by atoms with van der Waals surface area (Å²) in [5, 5.41) is 36.6. The number of hydrogen-bond donors (Lipinski definition) is 4. The SMILES string of the molecule is CC(C)(O)C(F)CNC(=O)c1cnc(-c2ccc3cc(C#N)cnn23)cc1NC1CCC(c2cn[nH]c2)CC1. The molecule has 1 aliphatic rings. The third-order valence-electron chi connectivity index (χ3n) is 7.33. The molecule has 1 atom stereocenters. The van der Waals surface area contributed by atoms with Crippen LogP contribution in [0, 0.1) is 11.3 Å². The van der Waals surface area contributed by atoms with Gasteiger partial charge < -0.3 is 15.7 Å². The molecule has 1 saturated carbocycles. The van der Waals surface area contributed by atoms with E-state index in [1.165, 1.54) is 31.8 Å². The van der Waals surface area contributed by atoms with Gasteiger partial charge >= 0.3 is 0 Å². The maximum atomic E-state index is 14.3. The van der Waals surface area contributed by atoms with Gasteiger partial charge in [-0.25, -0.2) is 8.91 Å². The molecular formula is C28H31FN8O2. The number of carbonyl (C=O) groups excluding carboxylic acids is 1. The van der Waals surface area contributed by atoms with Crippen LogP contribution in [-0.2, 0) is 0 Å². The predicted molar refractivity (Wildman–Crippen MR) is 144 cm³/mol. The molecule has 1 unspecified atom stereocenters. The van der Waals surface area contributed by atoms with Crippen LogP contribution in [0.4, 0.5) is 10.1 Å². The Morgan fingerprint density at radius 2 is 2.05 bits per heavy atom. The Bertz CT molecular complexity index is 1490. The lowest BCUT2D eigenvalue weighted by atomic mass is 9.83. The zero-order valence-corrected chi connectivity index (χ0v) is 21.9. The number of aromatic nitrogens is 5. The van der Waals surface area contributed by atoms with E-state index in [0.29, 0.717) is 34.1 Å². The lowest BCUT2D eigenvalue weighted by Crippen LogP contribution is -2.42. The number of halogens is 1. The maximum absolute atomic E-state index is 14.3. The molecule has 202 valence electrons. The number of hydrogen-bond acceptors (Lipinski definition) is 7. The van der Waals surface area contributed by atoms with Crippen LogP contribution < -0.4 is 10.6 Å². The quantitative estimate of drug-likeness (QED) is 0.270. The number of pyridine rings is 1. The smallest absolute Gasteiger partial charge is 0.255 e. The van der Waals surface area contributed by atoms with Gasteiger partial charge in [-0.2, -0.15) is 15.5 Å². The number of rotatable bonds is 8. The minimum Gasteiger partial charge on any atom is -0.387 e. The summed E-state index contributed by atoms with van der Waals surface area (Å²) in [6, 6.07) is 9.50. The van der Waals surface area contributed by atoms with Crippen molar-refractivity contribution < 1.29 is 14.3 Å². The topological polar surface area (TPSA) is 144 Å². The maximum Gasteiger partial charge on any atom is 0.255 e. The fourth-order valence-corrected chi connectivity index (χ4v) is 4.95. The first-order valence-corrected chi connectivity index (χ1v) is 13.0. The van der Waals surface area contributed by atoms with Gasteiger partial charge in [0.25, 0.3) is 5.91 Å². The van der Waals surface area contributed by atoms with E-state index in [-0.39, 0.29) is 12.6 Å². The first-order valence-electron chi connectivity index (χ1n) is 13.0. The molecule has 4 aromatic heterocycles. The fraction of sp³-hybridized carbons (Fsp3) is 0.393. The van der Waals surface area contributed by atoms with Gasteiger partial charge in [-0.1, -0.05) is 0 Å². The van der Waals surface area contributed by atoms with Crippen molar-refractivity contribution in [2.45, 2.75) is 63.3 Å². The lowest BCUT2D eigenvalue weighted by Gasteiger charge is -2.30. The average Bonchev–Trinajstić information content (AvgIpc) is 3.61. The van der Waals surface area contributed by atoms with Crippen molar-refractivity contribution in [3.8, 4) is 17.5 Å². The van der Waals surface area contributed by atoms with E-state index in [9.17, 15) is 19.6 Å². The first-order chi connectivity index (χ1) is 18.7. The van der Waals surface area contributed by atoms with E-state index in [1.54, 1.807) is 10.6 Å². The second-order valence-electron chi connectivity index (χ2n) is 10.6. The molecule has 1 amide bonds. The molecule has 4 N–H and O–H groups in total. The number of aromatic amines is 1. The molecule has 0 radical (unpaired) electrons. The highest BCUT2D eigenvalue weighted by Crippen LogP contribution is 2.34. The third-order valence-corrected chi connectivity index (χ3v) is 7.33. The summed E-state index contributed by atoms with van der Waals surface area (Å²) in [7, 11) is 0. The number of anilines is 1. The van der Waals surface area contributed by atoms with Crippen LogP contribution in [0.3, 0.4) is 0 Å². The highest BCUT2D eigenvalue weighted by molar-refractivity contribution is 6.00. The van der Waals surface area contributed by atoms with E-state index in [4.69, 9.17) is 0 Å². The van der Waals surface area contributed by atoms with Crippen LogP contribution in [0.15, 0.2) is 49.1 Å². The van der Waals surface area contributed by atoms with Crippen molar-refractivity contribution in [2.24, 2.45) is 0 Å². The van der Waals surface area contributed by atoms with E-state index >= 15 is 0 Å². The van der Waals surface area contributed by atoms with Gasteiger partial charge in [-0.3, -0.25) is 14.9 Å². The molecule has 0 bridgehead atoms. The van der Waals surface area contributed by atoms with Crippen molar-refractivity contribution in [2.75, 3.05) is 11.9 Å². The van der Waals surface area contributed by atoms with E-state index in [2.05, 4.69) is 37.0 Å². The first kappa shape index (κ1) is 26.3. The molecule has 0 aromatic carbocycles. The van der Waals surface area contributed by atoms with Gasteiger partial charge in [0.05, 0.1) is 58.3 Å². The van der Waals surface area contributed by atoms with Gasteiger partial charge in [0, 0.05) is 18.4 Å². The summed E-state index contributed by atoms with van der Waals surface area (Å²) in [4.78, 5) is 17.7. The van der Waals surface area contributed by atoms with Gasteiger partial charge in [0.1, 0.15) is 12.2 Å². The molecule has 4 aromatic rings. The highest BCUT2D eigenvalue weighted by atomic mass is 19.1. The molecule has 39 heavy (non-hydrogen) atoms. The van der Waals surface area contributed by atoms with Gasteiger partial charge in [0.2, 0.25) is 0 Å². The number of H-pyrrole nitrogens is 1. The Labute approximate surface area is 225 Å². The Morgan fingerprint density at radius 3 is 2.74 bits per heavy atom. The third kappa shape index (κ3) is 5.76. The normalized spacial score (nSPS) is 18.4.